The van der Waals surface area contributed by atoms with E-state index in [4.69, 9.17) is 4.74 Å². The molecule has 2 aliphatic rings. The molecule has 7 heteroatoms. The summed E-state index contributed by atoms with van der Waals surface area (Å²) < 4.78 is 10.0. The summed E-state index contributed by atoms with van der Waals surface area (Å²) in [6.45, 7) is 5.28. The second kappa shape index (κ2) is 7.61. The van der Waals surface area contributed by atoms with Gasteiger partial charge in [0.15, 0.2) is 0 Å². The van der Waals surface area contributed by atoms with Gasteiger partial charge in [-0.1, -0.05) is 6.92 Å². The lowest BCUT2D eigenvalue weighted by Gasteiger charge is -2.24. The van der Waals surface area contributed by atoms with E-state index in [0.29, 0.717) is 26.3 Å². The van der Waals surface area contributed by atoms with Gasteiger partial charge in [-0.25, -0.2) is 4.79 Å². The Labute approximate surface area is 125 Å². The average Bonchev–Trinajstić information content (AvgIpc) is 3.13. The lowest BCUT2D eigenvalue weighted by Crippen LogP contribution is -2.46. The maximum Gasteiger partial charge on any atom is 0.407 e. The van der Waals surface area contributed by atoms with Gasteiger partial charge in [0, 0.05) is 19.1 Å². The molecule has 2 N–H and O–H groups in total. The van der Waals surface area contributed by atoms with Crippen LogP contribution in [0.3, 0.4) is 0 Å². The summed E-state index contributed by atoms with van der Waals surface area (Å²) in [4.78, 5) is 25.6. The Morgan fingerprint density at radius 1 is 1.38 bits per heavy atom. The van der Waals surface area contributed by atoms with Crippen molar-refractivity contribution in [2.45, 2.75) is 31.8 Å². The van der Waals surface area contributed by atoms with Crippen molar-refractivity contribution < 1.29 is 19.1 Å². The number of rotatable bonds is 5. The van der Waals surface area contributed by atoms with Crippen LogP contribution in [0.2, 0.25) is 0 Å². The number of amides is 2. The summed E-state index contributed by atoms with van der Waals surface area (Å²) in [5, 5.41) is 6.12. The molecule has 2 rings (SSSR count). The zero-order chi connectivity index (χ0) is 15.2. The molecule has 0 saturated carbocycles. The summed E-state index contributed by atoms with van der Waals surface area (Å²) in [5.74, 6) is 0.00342. The monoisotopic (exact) mass is 299 g/mol. The second-order valence-electron chi connectivity index (χ2n) is 5.61. The SMILES string of the molecule is CCCNC1COCC1C(=O)N1CCC(NC(=O)OC)C1. The highest BCUT2D eigenvalue weighted by atomic mass is 16.5. The van der Waals surface area contributed by atoms with Gasteiger partial charge in [-0.2, -0.15) is 0 Å². The standard InChI is InChI=1S/C14H25N3O4/c1-3-5-15-12-9-21-8-11(12)13(18)17-6-4-10(7-17)16-14(19)20-2/h10-12,15H,3-9H2,1-2H3,(H,16,19). The van der Waals surface area contributed by atoms with E-state index in [2.05, 4.69) is 22.3 Å². The first-order valence-electron chi connectivity index (χ1n) is 7.60. The Bertz CT molecular complexity index is 377. The zero-order valence-corrected chi connectivity index (χ0v) is 12.8. The Balaban J connectivity index is 1.84. The molecule has 0 bridgehead atoms. The van der Waals surface area contributed by atoms with Crippen LogP contribution in [-0.2, 0) is 14.3 Å². The van der Waals surface area contributed by atoms with Crippen LogP contribution >= 0.6 is 0 Å². The third-order valence-electron chi connectivity index (χ3n) is 4.06. The zero-order valence-electron chi connectivity index (χ0n) is 12.8. The lowest BCUT2D eigenvalue weighted by atomic mass is 10.0. The Morgan fingerprint density at radius 3 is 2.90 bits per heavy atom. The van der Waals surface area contributed by atoms with Crippen molar-refractivity contribution in [2.75, 3.05) is 40.0 Å². The van der Waals surface area contributed by atoms with Crippen molar-refractivity contribution in [3.05, 3.63) is 0 Å². The molecule has 0 aromatic rings. The predicted molar refractivity (Wildman–Crippen MR) is 76.9 cm³/mol. The Morgan fingerprint density at radius 2 is 2.19 bits per heavy atom. The summed E-state index contributed by atoms with van der Waals surface area (Å²) in [5.41, 5.74) is 0. The van der Waals surface area contributed by atoms with E-state index < -0.39 is 6.09 Å². The molecule has 0 spiro atoms. The Kier molecular flexibility index (Phi) is 5.81. The summed E-state index contributed by atoms with van der Waals surface area (Å²) >= 11 is 0. The summed E-state index contributed by atoms with van der Waals surface area (Å²) in [6.07, 6.45) is 1.36. The number of nitrogens with one attached hydrogen (secondary N) is 2. The summed E-state index contributed by atoms with van der Waals surface area (Å²) in [7, 11) is 1.34. The maximum atomic E-state index is 12.6. The topological polar surface area (TPSA) is 79.9 Å². The van der Waals surface area contributed by atoms with Crippen LogP contribution in [0.15, 0.2) is 0 Å². The van der Waals surface area contributed by atoms with Crippen LogP contribution < -0.4 is 10.6 Å². The number of alkyl carbamates (subject to hydrolysis) is 1. The highest BCUT2D eigenvalue weighted by molar-refractivity contribution is 5.80. The fraction of sp³-hybridized carbons (Fsp3) is 0.857. The largest absolute Gasteiger partial charge is 0.453 e. The van der Waals surface area contributed by atoms with E-state index >= 15 is 0 Å². The normalized spacial score (nSPS) is 28.7. The summed E-state index contributed by atoms with van der Waals surface area (Å²) in [6, 6.07) is 0.0795. The fourth-order valence-electron chi connectivity index (χ4n) is 2.87. The number of carbonyl (C=O) groups excluding carboxylic acids is 2. The third kappa shape index (κ3) is 4.07. The van der Waals surface area contributed by atoms with Gasteiger partial charge in [0.05, 0.1) is 32.3 Å². The second-order valence-corrected chi connectivity index (χ2v) is 5.61. The molecule has 120 valence electrons. The van der Waals surface area contributed by atoms with Gasteiger partial charge < -0.3 is 25.0 Å². The molecule has 0 aromatic heterocycles. The quantitative estimate of drug-likeness (QED) is 0.744. The van der Waals surface area contributed by atoms with Crippen molar-refractivity contribution in [1.82, 2.24) is 15.5 Å². The molecule has 7 nitrogen and oxygen atoms in total. The maximum absolute atomic E-state index is 12.6. The number of nitrogens with zero attached hydrogens (tertiary/aromatic N) is 1. The first kappa shape index (κ1) is 16.0. The average molecular weight is 299 g/mol. The third-order valence-corrected chi connectivity index (χ3v) is 4.06. The molecular weight excluding hydrogens is 274 g/mol. The van der Waals surface area contributed by atoms with Crippen molar-refractivity contribution >= 4 is 12.0 Å². The van der Waals surface area contributed by atoms with Crippen LogP contribution in [0, 0.1) is 5.92 Å². The molecule has 2 saturated heterocycles. The highest BCUT2D eigenvalue weighted by Crippen LogP contribution is 2.20. The van der Waals surface area contributed by atoms with Crippen molar-refractivity contribution in [3.63, 3.8) is 0 Å². The van der Waals surface area contributed by atoms with E-state index in [9.17, 15) is 9.59 Å². The minimum atomic E-state index is -0.444. The van der Waals surface area contributed by atoms with Crippen molar-refractivity contribution in [1.29, 1.82) is 0 Å². The molecule has 3 atom stereocenters. The molecule has 2 amide bonds. The van der Waals surface area contributed by atoms with Crippen LogP contribution in [0.1, 0.15) is 19.8 Å². The number of hydrogen-bond acceptors (Lipinski definition) is 5. The van der Waals surface area contributed by atoms with Crippen molar-refractivity contribution in [3.8, 4) is 0 Å². The van der Waals surface area contributed by atoms with Gasteiger partial charge in [0.1, 0.15) is 0 Å². The Hall–Kier alpha value is -1.34. The number of carbonyl (C=O) groups is 2. The van der Waals surface area contributed by atoms with Gasteiger partial charge >= 0.3 is 6.09 Å². The highest BCUT2D eigenvalue weighted by Gasteiger charge is 2.38. The molecule has 0 aromatic carbocycles. The van der Waals surface area contributed by atoms with E-state index in [0.717, 1.165) is 19.4 Å². The fourth-order valence-corrected chi connectivity index (χ4v) is 2.87. The van der Waals surface area contributed by atoms with E-state index in [1.807, 2.05) is 4.90 Å². The van der Waals surface area contributed by atoms with Gasteiger partial charge in [0.25, 0.3) is 0 Å². The number of likely N-dealkylation sites (tertiary alicyclic amines) is 1. The van der Waals surface area contributed by atoms with Gasteiger partial charge in [-0.15, -0.1) is 0 Å². The van der Waals surface area contributed by atoms with Gasteiger partial charge in [-0.05, 0) is 19.4 Å². The van der Waals surface area contributed by atoms with Gasteiger partial charge in [-0.3, -0.25) is 4.79 Å². The molecule has 2 heterocycles. The number of ether oxygens (including phenoxy) is 2. The van der Waals surface area contributed by atoms with Crippen LogP contribution in [-0.4, -0.2) is 68.9 Å². The lowest BCUT2D eigenvalue weighted by molar-refractivity contribution is -0.135. The minimum Gasteiger partial charge on any atom is -0.453 e. The van der Waals surface area contributed by atoms with E-state index in [-0.39, 0.29) is 23.9 Å². The smallest absolute Gasteiger partial charge is 0.407 e. The molecule has 21 heavy (non-hydrogen) atoms. The van der Waals surface area contributed by atoms with Crippen LogP contribution in [0.25, 0.3) is 0 Å². The predicted octanol–water partition coefficient (Wildman–Crippen LogP) is -0.0421. The van der Waals surface area contributed by atoms with E-state index in [1.165, 1.54) is 7.11 Å². The molecule has 2 fully saturated rings. The van der Waals surface area contributed by atoms with Crippen molar-refractivity contribution in [2.24, 2.45) is 5.92 Å². The number of hydrogen-bond donors (Lipinski definition) is 2. The molecule has 0 aliphatic carbocycles. The minimum absolute atomic E-state index is 0.0224. The molecule has 3 unspecified atom stereocenters. The van der Waals surface area contributed by atoms with Gasteiger partial charge in [0.2, 0.25) is 5.91 Å². The van der Waals surface area contributed by atoms with Crippen LogP contribution in [0.4, 0.5) is 4.79 Å². The van der Waals surface area contributed by atoms with E-state index in [1.54, 1.807) is 0 Å². The molecule has 0 radical (unpaired) electrons. The first-order valence-corrected chi connectivity index (χ1v) is 7.60. The first-order chi connectivity index (χ1) is 10.2. The molecule has 2 aliphatic heterocycles. The molecular formula is C14H25N3O4. The van der Waals surface area contributed by atoms with Crippen LogP contribution in [0.5, 0.6) is 0 Å². The number of methoxy groups -OCH3 is 1.